The summed E-state index contributed by atoms with van der Waals surface area (Å²) in [6.45, 7) is 2.02. The molecule has 4 heteroatoms. The Balaban J connectivity index is 2.63. The SMILES string of the molecule is Cc1[nH]c(=S)nc2c1C(N)CCC2. The van der Waals surface area contributed by atoms with E-state index >= 15 is 0 Å². The maximum Gasteiger partial charge on any atom is 0.197 e. The van der Waals surface area contributed by atoms with Crippen LogP contribution in [-0.2, 0) is 6.42 Å². The molecule has 0 saturated carbocycles. The third-order valence-corrected chi connectivity index (χ3v) is 2.74. The predicted molar refractivity (Wildman–Crippen MR) is 54.0 cm³/mol. The third-order valence-electron chi connectivity index (χ3n) is 2.55. The van der Waals surface area contributed by atoms with Crippen LogP contribution in [0.4, 0.5) is 0 Å². The summed E-state index contributed by atoms with van der Waals surface area (Å²) < 4.78 is 0.574. The van der Waals surface area contributed by atoms with Gasteiger partial charge in [0.2, 0.25) is 0 Å². The van der Waals surface area contributed by atoms with Crippen molar-refractivity contribution in [2.75, 3.05) is 0 Å². The molecule has 1 aliphatic carbocycles. The number of nitrogens with zero attached hydrogens (tertiary/aromatic N) is 1. The van der Waals surface area contributed by atoms with Gasteiger partial charge in [0.15, 0.2) is 4.77 Å². The van der Waals surface area contributed by atoms with E-state index in [1.54, 1.807) is 0 Å². The fourth-order valence-corrected chi connectivity index (χ4v) is 2.23. The number of aromatic amines is 1. The molecule has 2 rings (SSSR count). The molecule has 0 aromatic carbocycles. The van der Waals surface area contributed by atoms with Gasteiger partial charge in [-0.1, -0.05) is 0 Å². The molecule has 3 nitrogen and oxygen atoms in total. The molecule has 1 aromatic heterocycles. The highest BCUT2D eigenvalue weighted by Gasteiger charge is 2.19. The zero-order valence-corrected chi connectivity index (χ0v) is 8.45. The molecule has 1 atom stereocenters. The van der Waals surface area contributed by atoms with E-state index in [1.165, 1.54) is 5.56 Å². The van der Waals surface area contributed by atoms with E-state index < -0.39 is 0 Å². The number of rotatable bonds is 0. The molecule has 70 valence electrons. The molecule has 1 aliphatic rings. The predicted octanol–water partition coefficient (Wildman–Crippen LogP) is 1.78. The largest absolute Gasteiger partial charge is 0.334 e. The Morgan fingerprint density at radius 2 is 2.38 bits per heavy atom. The van der Waals surface area contributed by atoms with Crippen molar-refractivity contribution in [3.63, 3.8) is 0 Å². The molecule has 1 unspecified atom stereocenters. The fourth-order valence-electron chi connectivity index (χ4n) is 1.97. The number of nitrogens with one attached hydrogen (secondary N) is 1. The van der Waals surface area contributed by atoms with E-state index in [4.69, 9.17) is 18.0 Å². The average Bonchev–Trinajstić information content (AvgIpc) is 2.02. The van der Waals surface area contributed by atoms with Gasteiger partial charge in [0.1, 0.15) is 0 Å². The van der Waals surface area contributed by atoms with Gasteiger partial charge in [-0.25, -0.2) is 4.98 Å². The van der Waals surface area contributed by atoms with Gasteiger partial charge in [0, 0.05) is 17.3 Å². The zero-order chi connectivity index (χ0) is 9.42. The van der Waals surface area contributed by atoms with Gasteiger partial charge in [0.05, 0.1) is 5.69 Å². The molecule has 0 saturated heterocycles. The second-order valence-electron chi connectivity index (χ2n) is 3.53. The Kier molecular flexibility index (Phi) is 2.17. The number of aromatic nitrogens is 2. The van der Waals surface area contributed by atoms with E-state index in [-0.39, 0.29) is 6.04 Å². The molecule has 0 amide bonds. The fraction of sp³-hybridized carbons (Fsp3) is 0.556. The van der Waals surface area contributed by atoms with Crippen molar-refractivity contribution in [3.8, 4) is 0 Å². The first-order valence-corrected chi connectivity index (χ1v) is 4.94. The van der Waals surface area contributed by atoms with Crippen LogP contribution >= 0.6 is 12.2 Å². The van der Waals surface area contributed by atoms with Crippen molar-refractivity contribution in [2.45, 2.75) is 32.2 Å². The zero-order valence-electron chi connectivity index (χ0n) is 7.63. The first-order valence-electron chi connectivity index (χ1n) is 4.54. The van der Waals surface area contributed by atoms with Gasteiger partial charge >= 0.3 is 0 Å². The van der Waals surface area contributed by atoms with Gasteiger partial charge in [-0.05, 0) is 38.4 Å². The van der Waals surface area contributed by atoms with Crippen LogP contribution in [0.25, 0.3) is 0 Å². The van der Waals surface area contributed by atoms with Gasteiger partial charge < -0.3 is 10.7 Å². The number of hydrogen-bond acceptors (Lipinski definition) is 3. The maximum absolute atomic E-state index is 6.00. The maximum atomic E-state index is 6.00. The minimum Gasteiger partial charge on any atom is -0.334 e. The van der Waals surface area contributed by atoms with E-state index in [9.17, 15) is 0 Å². The Bertz CT molecular complexity index is 383. The van der Waals surface area contributed by atoms with Crippen molar-refractivity contribution >= 4 is 12.2 Å². The average molecular weight is 195 g/mol. The summed E-state index contributed by atoms with van der Waals surface area (Å²) in [6.07, 6.45) is 3.20. The molecule has 0 aliphatic heterocycles. The number of fused-ring (bicyclic) bond motifs is 1. The van der Waals surface area contributed by atoms with Crippen molar-refractivity contribution in [3.05, 3.63) is 21.7 Å². The number of H-pyrrole nitrogens is 1. The molecule has 13 heavy (non-hydrogen) atoms. The van der Waals surface area contributed by atoms with E-state index in [0.717, 1.165) is 30.7 Å². The van der Waals surface area contributed by atoms with E-state index in [0.29, 0.717) is 4.77 Å². The van der Waals surface area contributed by atoms with Crippen molar-refractivity contribution in [1.29, 1.82) is 0 Å². The van der Waals surface area contributed by atoms with Crippen LogP contribution in [0.1, 0.15) is 35.8 Å². The first kappa shape index (κ1) is 8.84. The molecule has 0 bridgehead atoms. The monoisotopic (exact) mass is 195 g/mol. The summed E-state index contributed by atoms with van der Waals surface area (Å²) in [5.74, 6) is 0. The normalized spacial score (nSPS) is 21.2. The van der Waals surface area contributed by atoms with Gasteiger partial charge in [0.25, 0.3) is 0 Å². The Hall–Kier alpha value is -0.740. The standard InChI is InChI=1S/C9H13N3S/c1-5-8-6(10)3-2-4-7(8)12-9(13)11-5/h6H,2-4,10H2,1H3,(H,11,12,13). The second kappa shape index (κ2) is 3.20. The minimum atomic E-state index is 0.142. The lowest BCUT2D eigenvalue weighted by Gasteiger charge is -2.22. The van der Waals surface area contributed by atoms with E-state index in [1.807, 2.05) is 6.92 Å². The highest BCUT2D eigenvalue weighted by atomic mass is 32.1. The van der Waals surface area contributed by atoms with Crippen LogP contribution in [0.15, 0.2) is 0 Å². The van der Waals surface area contributed by atoms with Crippen LogP contribution in [0, 0.1) is 11.7 Å². The molecule has 3 N–H and O–H groups in total. The van der Waals surface area contributed by atoms with Crippen LogP contribution in [0.3, 0.4) is 0 Å². The smallest absolute Gasteiger partial charge is 0.197 e. The van der Waals surface area contributed by atoms with E-state index in [2.05, 4.69) is 9.97 Å². The Morgan fingerprint density at radius 1 is 1.62 bits per heavy atom. The summed E-state index contributed by atoms with van der Waals surface area (Å²) in [5, 5.41) is 0. The van der Waals surface area contributed by atoms with Gasteiger partial charge in [-0.2, -0.15) is 0 Å². The summed E-state index contributed by atoms with van der Waals surface area (Å²) in [7, 11) is 0. The van der Waals surface area contributed by atoms with Gasteiger partial charge in [-0.3, -0.25) is 0 Å². The molecule has 1 aromatic rings. The lowest BCUT2D eigenvalue weighted by atomic mass is 9.91. The molecule has 0 spiro atoms. The Morgan fingerprint density at radius 3 is 3.15 bits per heavy atom. The summed E-state index contributed by atoms with van der Waals surface area (Å²) in [6, 6.07) is 0.142. The highest BCUT2D eigenvalue weighted by molar-refractivity contribution is 7.71. The highest BCUT2D eigenvalue weighted by Crippen LogP contribution is 2.27. The van der Waals surface area contributed by atoms with Crippen LogP contribution in [-0.4, -0.2) is 9.97 Å². The van der Waals surface area contributed by atoms with Crippen molar-refractivity contribution < 1.29 is 0 Å². The lowest BCUT2D eigenvalue weighted by molar-refractivity contribution is 0.551. The number of aryl methyl sites for hydroxylation is 2. The van der Waals surface area contributed by atoms with Crippen molar-refractivity contribution in [1.82, 2.24) is 9.97 Å². The molecule has 0 fully saturated rings. The Labute approximate surface area is 82.4 Å². The molecular weight excluding hydrogens is 182 g/mol. The number of nitrogens with two attached hydrogens (primary N) is 1. The topological polar surface area (TPSA) is 54.7 Å². The van der Waals surface area contributed by atoms with Crippen LogP contribution < -0.4 is 5.73 Å². The number of hydrogen-bond donors (Lipinski definition) is 2. The second-order valence-corrected chi connectivity index (χ2v) is 3.91. The molecule has 0 radical (unpaired) electrons. The summed E-state index contributed by atoms with van der Waals surface area (Å²) in [5.41, 5.74) is 9.37. The summed E-state index contributed by atoms with van der Waals surface area (Å²) >= 11 is 5.02. The van der Waals surface area contributed by atoms with Gasteiger partial charge in [-0.15, -0.1) is 0 Å². The van der Waals surface area contributed by atoms with Crippen molar-refractivity contribution in [2.24, 2.45) is 5.73 Å². The lowest BCUT2D eigenvalue weighted by Crippen LogP contribution is -2.20. The first-order chi connectivity index (χ1) is 6.18. The van der Waals surface area contributed by atoms with Crippen LogP contribution in [0.5, 0.6) is 0 Å². The third kappa shape index (κ3) is 1.51. The van der Waals surface area contributed by atoms with Crippen LogP contribution in [0.2, 0.25) is 0 Å². The molecular formula is C9H13N3S. The quantitative estimate of drug-likeness (QED) is 0.620. The molecule has 1 heterocycles. The minimum absolute atomic E-state index is 0.142. The summed E-state index contributed by atoms with van der Waals surface area (Å²) in [4.78, 5) is 7.36.